The van der Waals surface area contributed by atoms with Gasteiger partial charge in [0.2, 0.25) is 6.10 Å². The zero-order chi connectivity index (χ0) is 22.9. The van der Waals surface area contributed by atoms with Crippen LogP contribution in [0.4, 0.5) is 0 Å². The van der Waals surface area contributed by atoms with Gasteiger partial charge in [-0.25, -0.2) is 5.43 Å². The molecule has 0 saturated heterocycles. The zero-order valence-electron chi connectivity index (χ0n) is 17.8. The van der Waals surface area contributed by atoms with Crippen molar-refractivity contribution in [3.8, 4) is 22.8 Å². The van der Waals surface area contributed by atoms with Gasteiger partial charge in [0, 0.05) is 5.56 Å². The molecule has 2 heterocycles. The Labute approximate surface area is 196 Å². The lowest BCUT2D eigenvalue weighted by atomic mass is 9.87. The number of fused-ring (bicyclic) bond motifs is 1. The van der Waals surface area contributed by atoms with Crippen LogP contribution in [0.2, 0.25) is 10.0 Å². The Morgan fingerprint density at radius 1 is 1.06 bits per heavy atom. The Hall–Kier alpha value is -2.96. The highest BCUT2D eigenvalue weighted by Gasteiger charge is 2.28. The Balaban J connectivity index is 1.38. The van der Waals surface area contributed by atoms with Gasteiger partial charge in [-0.3, -0.25) is 4.79 Å². The predicted molar refractivity (Wildman–Crippen MR) is 125 cm³/mol. The van der Waals surface area contributed by atoms with Crippen molar-refractivity contribution in [3.63, 3.8) is 0 Å². The summed E-state index contributed by atoms with van der Waals surface area (Å²) in [5.41, 5.74) is 4.30. The van der Waals surface area contributed by atoms with E-state index >= 15 is 0 Å². The second-order valence-electron chi connectivity index (χ2n) is 8.39. The molecule has 1 aliphatic heterocycles. The van der Waals surface area contributed by atoms with Gasteiger partial charge in [0.25, 0.3) is 5.91 Å². The molecule has 0 bridgehead atoms. The molecule has 1 aliphatic rings. The van der Waals surface area contributed by atoms with E-state index in [4.69, 9.17) is 37.1 Å². The summed E-state index contributed by atoms with van der Waals surface area (Å²) < 4.78 is 17.3. The number of benzene rings is 2. The summed E-state index contributed by atoms with van der Waals surface area (Å²) in [4.78, 5) is 12.5. The van der Waals surface area contributed by atoms with E-state index in [9.17, 15) is 4.79 Å². The van der Waals surface area contributed by atoms with Crippen molar-refractivity contribution in [2.75, 3.05) is 6.61 Å². The number of rotatable bonds is 4. The lowest BCUT2D eigenvalue weighted by Gasteiger charge is -2.27. The molecule has 1 atom stereocenters. The van der Waals surface area contributed by atoms with Gasteiger partial charge in [0.15, 0.2) is 11.5 Å². The molecule has 0 spiro atoms. The number of halogens is 2. The number of hydrogen-bond donors (Lipinski definition) is 1. The topological polar surface area (TPSA) is 73.1 Å². The van der Waals surface area contributed by atoms with E-state index < -0.39 is 12.0 Å². The third kappa shape index (κ3) is 4.92. The molecule has 2 aromatic carbocycles. The number of furan rings is 1. The average molecular weight is 473 g/mol. The van der Waals surface area contributed by atoms with E-state index in [-0.39, 0.29) is 12.0 Å². The van der Waals surface area contributed by atoms with Crippen LogP contribution in [0.15, 0.2) is 58.0 Å². The van der Waals surface area contributed by atoms with Gasteiger partial charge in [-0.05, 0) is 53.4 Å². The second-order valence-corrected chi connectivity index (χ2v) is 9.21. The quantitative estimate of drug-likeness (QED) is 0.382. The molecule has 1 unspecified atom stereocenters. The number of carbonyl (C=O) groups is 1. The molecule has 3 aromatic rings. The standard InChI is InChI=1S/C24H22Cl2N2O4/c1-24(2,3)15-5-8-20-21(11-15)32-22(13-30-20)23(29)28-27-12-16-6-9-19(31-16)14-4-7-17(25)18(26)10-14/h4-12,22H,13H2,1-3H3,(H,28,29). The Kier molecular flexibility index (Phi) is 6.17. The van der Waals surface area contributed by atoms with E-state index in [0.717, 1.165) is 11.1 Å². The van der Waals surface area contributed by atoms with Crippen LogP contribution in [0.25, 0.3) is 11.3 Å². The highest BCUT2D eigenvalue weighted by molar-refractivity contribution is 6.42. The predicted octanol–water partition coefficient (Wildman–Crippen LogP) is 5.84. The van der Waals surface area contributed by atoms with Crippen molar-refractivity contribution >= 4 is 35.3 Å². The minimum Gasteiger partial charge on any atom is -0.485 e. The van der Waals surface area contributed by atoms with Gasteiger partial charge < -0.3 is 13.9 Å². The fourth-order valence-electron chi connectivity index (χ4n) is 3.13. The maximum atomic E-state index is 12.5. The summed E-state index contributed by atoms with van der Waals surface area (Å²) in [6.45, 7) is 6.43. The van der Waals surface area contributed by atoms with Crippen LogP contribution >= 0.6 is 23.2 Å². The number of hydrazone groups is 1. The molecular formula is C24H22Cl2N2O4. The third-order valence-corrected chi connectivity index (χ3v) is 5.70. The summed E-state index contributed by atoms with van der Waals surface area (Å²) in [6, 6.07) is 14.5. The zero-order valence-corrected chi connectivity index (χ0v) is 19.3. The molecule has 0 saturated carbocycles. The van der Waals surface area contributed by atoms with Crippen molar-refractivity contribution in [2.24, 2.45) is 5.10 Å². The van der Waals surface area contributed by atoms with E-state index in [1.165, 1.54) is 6.21 Å². The van der Waals surface area contributed by atoms with E-state index in [2.05, 4.69) is 31.3 Å². The lowest BCUT2D eigenvalue weighted by Crippen LogP contribution is -2.42. The smallest absolute Gasteiger partial charge is 0.284 e. The van der Waals surface area contributed by atoms with Gasteiger partial charge in [0.1, 0.15) is 18.1 Å². The molecule has 32 heavy (non-hydrogen) atoms. The number of nitrogens with one attached hydrogen (secondary N) is 1. The number of nitrogens with zero attached hydrogens (tertiary/aromatic N) is 1. The van der Waals surface area contributed by atoms with Crippen LogP contribution in [0.3, 0.4) is 0 Å². The van der Waals surface area contributed by atoms with Crippen LogP contribution in [-0.2, 0) is 10.2 Å². The van der Waals surface area contributed by atoms with Crippen molar-refractivity contribution in [2.45, 2.75) is 32.3 Å². The van der Waals surface area contributed by atoms with Gasteiger partial charge in [-0.15, -0.1) is 0 Å². The second kappa shape index (κ2) is 8.88. The molecule has 6 nitrogen and oxygen atoms in total. The summed E-state index contributed by atoms with van der Waals surface area (Å²) in [6.07, 6.45) is 0.604. The van der Waals surface area contributed by atoms with Gasteiger partial charge in [-0.1, -0.05) is 50.0 Å². The largest absolute Gasteiger partial charge is 0.485 e. The Morgan fingerprint density at radius 2 is 1.88 bits per heavy atom. The SMILES string of the molecule is CC(C)(C)c1ccc2c(c1)OC(C(=O)NN=Cc1ccc(-c3ccc(Cl)c(Cl)c3)o1)CO2. The average Bonchev–Trinajstić information content (AvgIpc) is 3.23. The molecule has 0 aliphatic carbocycles. The van der Waals surface area contributed by atoms with E-state index in [1.807, 2.05) is 18.2 Å². The molecule has 1 amide bonds. The first-order valence-electron chi connectivity index (χ1n) is 10.0. The Bertz CT molecular complexity index is 1180. The van der Waals surface area contributed by atoms with Gasteiger partial charge >= 0.3 is 0 Å². The molecule has 0 radical (unpaired) electrons. The maximum absolute atomic E-state index is 12.5. The number of hydrogen-bond acceptors (Lipinski definition) is 5. The maximum Gasteiger partial charge on any atom is 0.284 e. The van der Waals surface area contributed by atoms with Crippen LogP contribution in [0.1, 0.15) is 32.1 Å². The number of ether oxygens (including phenoxy) is 2. The lowest BCUT2D eigenvalue weighted by molar-refractivity contribution is -0.130. The highest BCUT2D eigenvalue weighted by Crippen LogP contribution is 2.36. The first-order chi connectivity index (χ1) is 15.2. The Morgan fingerprint density at radius 3 is 2.62 bits per heavy atom. The molecule has 4 rings (SSSR count). The fourth-order valence-corrected chi connectivity index (χ4v) is 3.42. The summed E-state index contributed by atoms with van der Waals surface area (Å²) in [5.74, 6) is 1.82. The van der Waals surface area contributed by atoms with Crippen molar-refractivity contribution in [3.05, 3.63) is 69.9 Å². The van der Waals surface area contributed by atoms with Crippen molar-refractivity contribution in [1.29, 1.82) is 0 Å². The van der Waals surface area contributed by atoms with Crippen LogP contribution in [0.5, 0.6) is 11.5 Å². The minimum absolute atomic E-state index is 0.0445. The first-order valence-corrected chi connectivity index (χ1v) is 10.8. The summed E-state index contributed by atoms with van der Waals surface area (Å²) in [5, 5.41) is 4.88. The molecular weight excluding hydrogens is 451 g/mol. The monoisotopic (exact) mass is 472 g/mol. The van der Waals surface area contributed by atoms with Crippen molar-refractivity contribution < 1.29 is 18.7 Å². The van der Waals surface area contributed by atoms with Crippen LogP contribution in [-0.4, -0.2) is 24.8 Å². The third-order valence-electron chi connectivity index (χ3n) is 4.96. The molecule has 166 valence electrons. The highest BCUT2D eigenvalue weighted by atomic mass is 35.5. The van der Waals surface area contributed by atoms with Crippen LogP contribution < -0.4 is 14.9 Å². The van der Waals surface area contributed by atoms with Gasteiger partial charge in [0.05, 0.1) is 16.3 Å². The molecule has 1 N–H and O–H groups in total. The minimum atomic E-state index is -0.807. The summed E-state index contributed by atoms with van der Waals surface area (Å²) >= 11 is 12.0. The number of amides is 1. The molecule has 8 heteroatoms. The molecule has 0 fully saturated rings. The van der Waals surface area contributed by atoms with Crippen molar-refractivity contribution in [1.82, 2.24) is 5.43 Å². The van der Waals surface area contributed by atoms with Gasteiger partial charge in [-0.2, -0.15) is 5.10 Å². The van der Waals surface area contributed by atoms with E-state index in [1.54, 1.807) is 30.3 Å². The fraction of sp³-hybridized carbons (Fsp3) is 0.250. The normalized spacial score (nSPS) is 15.7. The number of carbonyl (C=O) groups excluding carboxylic acids is 1. The summed E-state index contributed by atoms with van der Waals surface area (Å²) in [7, 11) is 0. The first kappa shape index (κ1) is 22.2. The van der Waals surface area contributed by atoms with E-state index in [0.29, 0.717) is 33.1 Å². The molecule has 1 aromatic heterocycles. The van der Waals surface area contributed by atoms with Crippen LogP contribution in [0, 0.1) is 0 Å².